The number of carbonyl (C=O) groups excluding carboxylic acids is 1. The van der Waals surface area contributed by atoms with Crippen molar-refractivity contribution in [2.24, 2.45) is 0 Å². The first-order chi connectivity index (χ1) is 10.4. The Morgan fingerprint density at radius 3 is 2.41 bits per heavy atom. The van der Waals surface area contributed by atoms with Gasteiger partial charge in [-0.25, -0.2) is 4.39 Å². The zero-order chi connectivity index (χ0) is 16.2. The third kappa shape index (κ3) is 3.86. The molecule has 0 spiro atoms. The molecule has 2 rings (SSSR count). The molecule has 2 aromatic carbocycles. The van der Waals surface area contributed by atoms with E-state index in [1.54, 1.807) is 30.3 Å². The molecule has 2 aromatic rings. The highest BCUT2D eigenvalue weighted by molar-refractivity contribution is 6.30. The van der Waals surface area contributed by atoms with E-state index in [1.807, 2.05) is 26.0 Å². The summed E-state index contributed by atoms with van der Waals surface area (Å²) in [5.74, 6) is -0.333. The maximum atomic E-state index is 13.5. The van der Waals surface area contributed by atoms with Gasteiger partial charge in [-0.15, -0.1) is 0 Å². The van der Waals surface area contributed by atoms with Crippen LogP contribution in [-0.4, -0.2) is 12.5 Å². The Bertz CT molecular complexity index is 652. The second kappa shape index (κ2) is 6.93. The molecule has 2 nitrogen and oxygen atoms in total. The zero-order valence-corrected chi connectivity index (χ0v) is 13.5. The van der Waals surface area contributed by atoms with E-state index < -0.39 is 5.41 Å². The van der Waals surface area contributed by atoms with Gasteiger partial charge in [0.15, 0.2) is 0 Å². The van der Waals surface area contributed by atoms with Gasteiger partial charge in [0.25, 0.3) is 0 Å². The van der Waals surface area contributed by atoms with Gasteiger partial charge in [0, 0.05) is 11.6 Å². The third-order valence-corrected chi connectivity index (χ3v) is 4.02. The molecule has 0 bridgehead atoms. The topological polar surface area (TPSA) is 29.1 Å². The van der Waals surface area contributed by atoms with Gasteiger partial charge >= 0.3 is 0 Å². The number of hydrogen-bond donors (Lipinski definition) is 1. The van der Waals surface area contributed by atoms with Crippen LogP contribution in [0.25, 0.3) is 0 Å². The van der Waals surface area contributed by atoms with Crippen molar-refractivity contribution in [1.29, 1.82) is 0 Å². The molecule has 0 aliphatic carbocycles. The minimum Gasteiger partial charge on any atom is -0.355 e. The number of amides is 1. The lowest BCUT2D eigenvalue weighted by Gasteiger charge is -2.24. The van der Waals surface area contributed by atoms with Gasteiger partial charge in [0.1, 0.15) is 5.82 Å². The Morgan fingerprint density at radius 2 is 1.77 bits per heavy atom. The molecule has 4 heteroatoms. The molecular weight excluding hydrogens is 301 g/mol. The molecule has 0 atom stereocenters. The maximum Gasteiger partial charge on any atom is 0.230 e. The van der Waals surface area contributed by atoms with E-state index in [2.05, 4.69) is 5.32 Å². The van der Waals surface area contributed by atoms with E-state index in [-0.39, 0.29) is 11.7 Å². The van der Waals surface area contributed by atoms with Crippen LogP contribution in [0.2, 0.25) is 5.02 Å². The number of hydrogen-bond acceptors (Lipinski definition) is 1. The summed E-state index contributed by atoms with van der Waals surface area (Å²) in [6.07, 6.45) is 0.467. The first kappa shape index (κ1) is 16.5. The van der Waals surface area contributed by atoms with Crippen LogP contribution in [0.3, 0.4) is 0 Å². The van der Waals surface area contributed by atoms with Crippen LogP contribution < -0.4 is 5.32 Å². The molecular formula is C18H19ClFNO. The van der Waals surface area contributed by atoms with Crippen molar-refractivity contribution in [2.75, 3.05) is 6.54 Å². The molecule has 0 aliphatic heterocycles. The number of halogens is 2. The standard InChI is InChI=1S/C18H19ClFNO/c1-18(2,14-7-9-15(19)10-8-14)17(22)21-12-11-13-5-3-4-6-16(13)20/h3-10H,11-12H2,1-2H3,(H,21,22). The average Bonchev–Trinajstić information content (AvgIpc) is 2.49. The largest absolute Gasteiger partial charge is 0.355 e. The molecule has 0 aliphatic rings. The predicted molar refractivity (Wildman–Crippen MR) is 87.6 cm³/mol. The Morgan fingerprint density at radius 1 is 1.14 bits per heavy atom. The van der Waals surface area contributed by atoms with Crippen molar-refractivity contribution >= 4 is 17.5 Å². The second-order valence-corrected chi connectivity index (χ2v) is 6.17. The third-order valence-electron chi connectivity index (χ3n) is 3.77. The van der Waals surface area contributed by atoms with Crippen molar-refractivity contribution in [3.8, 4) is 0 Å². The van der Waals surface area contributed by atoms with E-state index in [4.69, 9.17) is 11.6 Å². The molecule has 22 heavy (non-hydrogen) atoms. The fourth-order valence-electron chi connectivity index (χ4n) is 2.23. The van der Waals surface area contributed by atoms with Gasteiger partial charge in [-0.1, -0.05) is 41.9 Å². The highest BCUT2D eigenvalue weighted by Crippen LogP contribution is 2.24. The molecule has 116 valence electrons. The minimum atomic E-state index is -0.667. The number of benzene rings is 2. The Balaban J connectivity index is 1.96. The monoisotopic (exact) mass is 319 g/mol. The summed E-state index contributed by atoms with van der Waals surface area (Å²) in [6, 6.07) is 13.8. The smallest absolute Gasteiger partial charge is 0.230 e. The summed E-state index contributed by atoms with van der Waals surface area (Å²) in [4.78, 5) is 12.4. The number of nitrogens with one attached hydrogen (secondary N) is 1. The van der Waals surface area contributed by atoms with Gasteiger partial charge in [-0.3, -0.25) is 4.79 Å². The van der Waals surface area contributed by atoms with Crippen molar-refractivity contribution in [3.05, 3.63) is 70.5 Å². The van der Waals surface area contributed by atoms with E-state index in [1.165, 1.54) is 6.07 Å². The molecule has 0 unspecified atom stereocenters. The van der Waals surface area contributed by atoms with Crippen LogP contribution in [0.4, 0.5) is 4.39 Å². The summed E-state index contributed by atoms with van der Waals surface area (Å²) < 4.78 is 13.5. The van der Waals surface area contributed by atoms with E-state index in [0.29, 0.717) is 23.6 Å². The minimum absolute atomic E-state index is 0.0915. The van der Waals surface area contributed by atoms with E-state index in [0.717, 1.165) is 5.56 Å². The maximum absolute atomic E-state index is 13.5. The molecule has 0 radical (unpaired) electrons. The molecule has 0 aromatic heterocycles. The van der Waals surface area contributed by atoms with Gasteiger partial charge in [0.05, 0.1) is 5.41 Å². The van der Waals surface area contributed by atoms with E-state index >= 15 is 0 Å². The molecule has 0 saturated heterocycles. The van der Waals surface area contributed by atoms with Gasteiger partial charge in [-0.05, 0) is 49.6 Å². The normalized spacial score (nSPS) is 11.3. The van der Waals surface area contributed by atoms with Crippen molar-refractivity contribution in [3.63, 3.8) is 0 Å². The summed E-state index contributed by atoms with van der Waals surface area (Å²) in [5, 5.41) is 3.51. The van der Waals surface area contributed by atoms with Crippen LogP contribution in [-0.2, 0) is 16.6 Å². The summed E-state index contributed by atoms with van der Waals surface area (Å²) >= 11 is 5.87. The molecule has 1 amide bonds. The summed E-state index contributed by atoms with van der Waals surface area (Å²) in [5.41, 5.74) is 0.826. The van der Waals surface area contributed by atoms with Crippen molar-refractivity contribution in [1.82, 2.24) is 5.32 Å². The van der Waals surface area contributed by atoms with Crippen LogP contribution in [0.1, 0.15) is 25.0 Å². The van der Waals surface area contributed by atoms with Crippen LogP contribution in [0.5, 0.6) is 0 Å². The Hall–Kier alpha value is -1.87. The average molecular weight is 320 g/mol. The number of rotatable bonds is 5. The Labute approximate surface area is 135 Å². The van der Waals surface area contributed by atoms with Gasteiger partial charge in [-0.2, -0.15) is 0 Å². The van der Waals surface area contributed by atoms with Crippen LogP contribution in [0.15, 0.2) is 48.5 Å². The predicted octanol–water partition coefficient (Wildman–Crippen LogP) is 4.12. The lowest BCUT2D eigenvalue weighted by molar-refractivity contribution is -0.125. The van der Waals surface area contributed by atoms with Crippen LogP contribution >= 0.6 is 11.6 Å². The SMILES string of the molecule is CC(C)(C(=O)NCCc1ccccc1F)c1ccc(Cl)cc1. The van der Waals surface area contributed by atoms with Crippen molar-refractivity contribution < 1.29 is 9.18 Å². The first-order valence-electron chi connectivity index (χ1n) is 7.19. The Kier molecular flexibility index (Phi) is 5.19. The fraction of sp³-hybridized carbons (Fsp3) is 0.278. The molecule has 1 N–H and O–H groups in total. The molecule has 0 fully saturated rings. The summed E-state index contributed by atoms with van der Waals surface area (Å²) in [7, 11) is 0. The fourth-order valence-corrected chi connectivity index (χ4v) is 2.36. The van der Waals surface area contributed by atoms with Crippen LogP contribution in [0, 0.1) is 5.82 Å². The first-order valence-corrected chi connectivity index (χ1v) is 7.57. The van der Waals surface area contributed by atoms with Crippen molar-refractivity contribution in [2.45, 2.75) is 25.7 Å². The highest BCUT2D eigenvalue weighted by atomic mass is 35.5. The molecule has 0 saturated carbocycles. The lowest BCUT2D eigenvalue weighted by Crippen LogP contribution is -2.40. The zero-order valence-electron chi connectivity index (χ0n) is 12.7. The highest BCUT2D eigenvalue weighted by Gasteiger charge is 2.29. The quantitative estimate of drug-likeness (QED) is 0.882. The second-order valence-electron chi connectivity index (χ2n) is 5.73. The van der Waals surface area contributed by atoms with E-state index in [9.17, 15) is 9.18 Å². The van der Waals surface area contributed by atoms with Gasteiger partial charge < -0.3 is 5.32 Å². The lowest BCUT2D eigenvalue weighted by atomic mass is 9.83. The summed E-state index contributed by atoms with van der Waals surface area (Å²) in [6.45, 7) is 4.11. The number of carbonyl (C=O) groups is 1. The van der Waals surface area contributed by atoms with Gasteiger partial charge in [0.2, 0.25) is 5.91 Å². The molecule has 0 heterocycles.